The molecular weight excluding hydrogens is 284 g/mol. The van der Waals surface area contributed by atoms with Gasteiger partial charge in [-0.25, -0.2) is 13.4 Å². The number of halogens is 1. The first kappa shape index (κ1) is 12.9. The van der Waals surface area contributed by atoms with Crippen molar-refractivity contribution in [2.45, 2.75) is 30.9 Å². The predicted molar refractivity (Wildman–Crippen MR) is 75.3 cm³/mol. The van der Waals surface area contributed by atoms with E-state index in [0.717, 1.165) is 30.6 Å². The summed E-state index contributed by atoms with van der Waals surface area (Å²) in [5.41, 5.74) is 0.826. The number of pyridine rings is 1. The number of rotatable bonds is 2. The van der Waals surface area contributed by atoms with Crippen molar-refractivity contribution in [3.63, 3.8) is 0 Å². The molecule has 6 heteroatoms. The summed E-state index contributed by atoms with van der Waals surface area (Å²) in [5.74, 6) is 1.08. The van der Waals surface area contributed by atoms with Crippen LogP contribution in [0.15, 0.2) is 24.5 Å². The molecule has 1 fully saturated rings. The van der Waals surface area contributed by atoms with Gasteiger partial charge in [0, 0.05) is 12.6 Å². The van der Waals surface area contributed by atoms with Crippen LogP contribution in [0.25, 0.3) is 5.52 Å². The zero-order chi connectivity index (χ0) is 13.5. The number of imidazole rings is 1. The van der Waals surface area contributed by atoms with Crippen molar-refractivity contribution in [3.8, 4) is 0 Å². The molecule has 0 bridgehead atoms. The topological polar surface area (TPSA) is 51.4 Å². The third kappa shape index (κ3) is 2.37. The van der Waals surface area contributed by atoms with Crippen LogP contribution in [0.2, 0.25) is 5.02 Å². The summed E-state index contributed by atoms with van der Waals surface area (Å²) in [7, 11) is -2.96. The largest absolute Gasteiger partial charge is 0.302 e. The van der Waals surface area contributed by atoms with Crippen molar-refractivity contribution in [2.24, 2.45) is 0 Å². The second kappa shape index (κ2) is 4.80. The molecule has 0 aliphatic carbocycles. The third-order valence-electron chi connectivity index (χ3n) is 3.72. The third-order valence-corrected chi connectivity index (χ3v) is 6.31. The van der Waals surface area contributed by atoms with Gasteiger partial charge in [-0.2, -0.15) is 0 Å². The Hall–Kier alpha value is -1.07. The van der Waals surface area contributed by atoms with E-state index in [0.29, 0.717) is 17.2 Å². The molecule has 0 spiro atoms. The van der Waals surface area contributed by atoms with Crippen LogP contribution in [-0.4, -0.2) is 28.8 Å². The first-order chi connectivity index (χ1) is 9.08. The van der Waals surface area contributed by atoms with E-state index in [1.807, 2.05) is 16.7 Å². The van der Waals surface area contributed by atoms with Gasteiger partial charge in [0.2, 0.25) is 0 Å². The lowest BCUT2D eigenvalue weighted by atomic mass is 10.1. The van der Waals surface area contributed by atoms with Crippen LogP contribution < -0.4 is 0 Å². The van der Waals surface area contributed by atoms with E-state index in [1.165, 1.54) is 0 Å². The molecule has 1 aliphatic heterocycles. The van der Waals surface area contributed by atoms with Gasteiger partial charge >= 0.3 is 0 Å². The summed E-state index contributed by atoms with van der Waals surface area (Å²) in [6, 6.07) is 3.65. The number of hydrogen-bond acceptors (Lipinski definition) is 3. The monoisotopic (exact) mass is 298 g/mol. The highest BCUT2D eigenvalue weighted by atomic mass is 35.5. The molecule has 4 nitrogen and oxygen atoms in total. The van der Waals surface area contributed by atoms with E-state index in [1.54, 1.807) is 12.3 Å². The Labute approximate surface area is 117 Å². The molecule has 1 atom stereocenters. The van der Waals surface area contributed by atoms with Crippen molar-refractivity contribution in [3.05, 3.63) is 35.4 Å². The number of sulfone groups is 1. The fraction of sp³-hybridized carbons (Fsp3) is 0.462. The maximum absolute atomic E-state index is 12.0. The van der Waals surface area contributed by atoms with E-state index < -0.39 is 9.84 Å². The van der Waals surface area contributed by atoms with Crippen LogP contribution in [0.4, 0.5) is 0 Å². The fourth-order valence-corrected chi connectivity index (χ4v) is 4.73. The van der Waals surface area contributed by atoms with Crippen LogP contribution in [0, 0.1) is 0 Å². The quantitative estimate of drug-likeness (QED) is 0.856. The molecule has 1 saturated heterocycles. The average molecular weight is 299 g/mol. The first-order valence-corrected chi connectivity index (χ1v) is 8.49. The van der Waals surface area contributed by atoms with E-state index >= 15 is 0 Å². The number of nitrogens with zero attached hydrogens (tertiary/aromatic N) is 2. The summed E-state index contributed by atoms with van der Waals surface area (Å²) < 4.78 is 26.0. The molecule has 19 heavy (non-hydrogen) atoms. The van der Waals surface area contributed by atoms with Gasteiger partial charge in [-0.15, -0.1) is 0 Å². The minimum Gasteiger partial charge on any atom is -0.302 e. The van der Waals surface area contributed by atoms with Crippen molar-refractivity contribution in [1.82, 2.24) is 9.38 Å². The minimum atomic E-state index is -2.96. The molecule has 1 unspecified atom stereocenters. The predicted octanol–water partition coefficient (Wildman–Crippen LogP) is 2.50. The van der Waals surface area contributed by atoms with Gasteiger partial charge in [-0.1, -0.05) is 18.0 Å². The standard InChI is InChI=1S/C13H15ClN2O2S/c14-11-5-3-6-16-12(11)9-15-13(16)8-10-4-1-2-7-19(10,17)18/h3,5-6,9-10H,1-2,4,7-8H2. The van der Waals surface area contributed by atoms with Crippen molar-refractivity contribution >= 4 is 27.0 Å². The Balaban J connectivity index is 1.95. The van der Waals surface area contributed by atoms with Crippen molar-refractivity contribution in [2.75, 3.05) is 5.75 Å². The van der Waals surface area contributed by atoms with Crippen LogP contribution in [0.1, 0.15) is 25.1 Å². The maximum atomic E-state index is 12.0. The molecule has 0 N–H and O–H groups in total. The van der Waals surface area contributed by atoms with Gasteiger partial charge < -0.3 is 4.40 Å². The van der Waals surface area contributed by atoms with Crippen LogP contribution in [0.3, 0.4) is 0 Å². The summed E-state index contributed by atoms with van der Waals surface area (Å²) in [4.78, 5) is 4.33. The lowest BCUT2D eigenvalue weighted by Gasteiger charge is -2.21. The van der Waals surface area contributed by atoms with Gasteiger partial charge in [-0.3, -0.25) is 0 Å². The molecule has 3 heterocycles. The second-order valence-corrected chi connectivity index (χ2v) is 7.78. The van der Waals surface area contributed by atoms with E-state index in [4.69, 9.17) is 11.6 Å². The van der Waals surface area contributed by atoms with Crippen molar-refractivity contribution in [1.29, 1.82) is 0 Å². The van der Waals surface area contributed by atoms with E-state index in [2.05, 4.69) is 4.98 Å². The Morgan fingerprint density at radius 2 is 2.26 bits per heavy atom. The lowest BCUT2D eigenvalue weighted by molar-refractivity contribution is 0.534. The smallest absolute Gasteiger partial charge is 0.153 e. The normalized spacial score (nSPS) is 22.7. The molecule has 1 aliphatic rings. The minimum absolute atomic E-state index is 0.300. The van der Waals surface area contributed by atoms with Gasteiger partial charge in [0.25, 0.3) is 0 Å². The highest BCUT2D eigenvalue weighted by molar-refractivity contribution is 7.92. The summed E-state index contributed by atoms with van der Waals surface area (Å²) >= 11 is 6.09. The van der Waals surface area contributed by atoms with Crippen LogP contribution in [-0.2, 0) is 16.3 Å². The SMILES string of the molecule is O=S1(=O)CCCCC1Cc1ncc2c(Cl)cccn12. The molecule has 0 aromatic carbocycles. The number of aromatic nitrogens is 2. The Bertz CT molecular complexity index is 709. The van der Waals surface area contributed by atoms with Crippen LogP contribution >= 0.6 is 11.6 Å². The lowest BCUT2D eigenvalue weighted by Crippen LogP contribution is -2.30. The Morgan fingerprint density at radius 3 is 3.05 bits per heavy atom. The van der Waals surface area contributed by atoms with Gasteiger partial charge in [0.1, 0.15) is 5.82 Å². The molecule has 0 saturated carbocycles. The van der Waals surface area contributed by atoms with Crippen LogP contribution in [0.5, 0.6) is 0 Å². The summed E-state index contributed by atoms with van der Waals surface area (Å²) in [6.45, 7) is 0. The van der Waals surface area contributed by atoms with E-state index in [-0.39, 0.29) is 5.25 Å². The highest BCUT2D eigenvalue weighted by Gasteiger charge is 2.30. The van der Waals surface area contributed by atoms with Gasteiger partial charge in [0.15, 0.2) is 9.84 Å². The zero-order valence-electron chi connectivity index (χ0n) is 10.4. The summed E-state index contributed by atoms with van der Waals surface area (Å²) in [6.07, 6.45) is 6.54. The molecule has 3 rings (SSSR count). The average Bonchev–Trinajstić information content (AvgIpc) is 2.77. The fourth-order valence-electron chi connectivity index (χ4n) is 2.65. The number of fused-ring (bicyclic) bond motifs is 1. The van der Waals surface area contributed by atoms with E-state index in [9.17, 15) is 8.42 Å². The molecule has 102 valence electrons. The second-order valence-electron chi connectivity index (χ2n) is 4.97. The molecule has 2 aromatic heterocycles. The first-order valence-electron chi connectivity index (χ1n) is 6.40. The number of hydrogen-bond donors (Lipinski definition) is 0. The molecule has 0 radical (unpaired) electrons. The maximum Gasteiger partial charge on any atom is 0.153 e. The Morgan fingerprint density at radius 1 is 1.42 bits per heavy atom. The van der Waals surface area contributed by atoms with Crippen molar-refractivity contribution < 1.29 is 8.42 Å². The molecular formula is C13H15ClN2O2S. The van der Waals surface area contributed by atoms with Gasteiger partial charge in [0.05, 0.1) is 27.7 Å². The van der Waals surface area contributed by atoms with Gasteiger partial charge in [-0.05, 0) is 25.0 Å². The summed E-state index contributed by atoms with van der Waals surface area (Å²) in [5, 5.41) is 0.332. The molecule has 0 amide bonds. The highest BCUT2D eigenvalue weighted by Crippen LogP contribution is 2.24. The zero-order valence-corrected chi connectivity index (χ0v) is 12.0. The Kier molecular flexibility index (Phi) is 3.27. The molecule has 2 aromatic rings.